The van der Waals surface area contributed by atoms with Crippen LogP contribution in [0.25, 0.3) is 0 Å². The second-order valence-electron chi connectivity index (χ2n) is 3.96. The molecular weight excluding hydrogens is 174 g/mol. The van der Waals surface area contributed by atoms with Gasteiger partial charge in [0, 0.05) is 6.26 Å². The Bertz CT molecular complexity index is 242. The summed E-state index contributed by atoms with van der Waals surface area (Å²) in [6.45, 7) is 0.607. The summed E-state index contributed by atoms with van der Waals surface area (Å²) in [6, 6.07) is 0. The van der Waals surface area contributed by atoms with E-state index in [2.05, 4.69) is 0 Å². The van der Waals surface area contributed by atoms with E-state index in [-0.39, 0.29) is 5.41 Å². The van der Waals surface area contributed by atoms with Crippen LogP contribution in [0.3, 0.4) is 0 Å². The second-order valence-corrected chi connectivity index (χ2v) is 6.10. The second kappa shape index (κ2) is 3.34. The highest BCUT2D eigenvalue weighted by Gasteiger charge is 2.38. The lowest BCUT2D eigenvalue weighted by Crippen LogP contribution is -2.38. The van der Waals surface area contributed by atoms with Crippen LogP contribution < -0.4 is 5.73 Å². The van der Waals surface area contributed by atoms with Crippen LogP contribution >= 0.6 is 0 Å². The summed E-state index contributed by atoms with van der Waals surface area (Å²) >= 11 is 0. The molecule has 1 aliphatic carbocycles. The first-order valence-electron chi connectivity index (χ1n) is 4.35. The highest BCUT2D eigenvalue weighted by Crippen LogP contribution is 2.44. The molecule has 0 amide bonds. The smallest absolute Gasteiger partial charge is 0.148 e. The first-order chi connectivity index (χ1) is 5.47. The summed E-state index contributed by atoms with van der Waals surface area (Å²) in [4.78, 5) is 0. The van der Waals surface area contributed by atoms with Crippen molar-refractivity contribution in [1.82, 2.24) is 0 Å². The van der Waals surface area contributed by atoms with E-state index < -0.39 is 9.84 Å². The van der Waals surface area contributed by atoms with E-state index in [9.17, 15) is 8.42 Å². The van der Waals surface area contributed by atoms with Crippen LogP contribution in [0, 0.1) is 5.41 Å². The molecule has 1 rings (SSSR count). The van der Waals surface area contributed by atoms with Gasteiger partial charge < -0.3 is 5.73 Å². The minimum absolute atomic E-state index is 0.0440. The van der Waals surface area contributed by atoms with E-state index in [1.807, 2.05) is 0 Å². The van der Waals surface area contributed by atoms with Gasteiger partial charge in [-0.15, -0.1) is 0 Å². The molecule has 0 aliphatic heterocycles. The number of sulfone groups is 1. The largest absolute Gasteiger partial charge is 0.330 e. The van der Waals surface area contributed by atoms with Crippen molar-refractivity contribution >= 4 is 9.84 Å². The minimum Gasteiger partial charge on any atom is -0.330 e. The molecule has 0 aromatic carbocycles. The molecule has 12 heavy (non-hydrogen) atoms. The average Bonchev–Trinajstić information content (AvgIpc) is 1.80. The summed E-state index contributed by atoms with van der Waals surface area (Å²) < 4.78 is 22.1. The molecule has 2 N–H and O–H groups in total. The molecule has 0 saturated heterocycles. The lowest BCUT2D eigenvalue weighted by molar-refractivity contribution is 0.154. The Morgan fingerprint density at radius 1 is 1.42 bits per heavy atom. The third-order valence-electron chi connectivity index (χ3n) is 2.66. The van der Waals surface area contributed by atoms with E-state index in [1.54, 1.807) is 0 Å². The monoisotopic (exact) mass is 191 g/mol. The Balaban J connectivity index is 2.56. The molecule has 0 aromatic rings. The van der Waals surface area contributed by atoms with E-state index in [4.69, 9.17) is 5.73 Å². The number of rotatable bonds is 4. The molecule has 4 heteroatoms. The summed E-state index contributed by atoms with van der Waals surface area (Å²) in [7, 11) is -2.82. The van der Waals surface area contributed by atoms with Crippen molar-refractivity contribution in [2.24, 2.45) is 11.1 Å². The molecule has 0 bridgehead atoms. The predicted molar refractivity (Wildman–Crippen MR) is 49.7 cm³/mol. The number of hydrogen-bond donors (Lipinski definition) is 1. The molecule has 0 heterocycles. The Morgan fingerprint density at radius 3 is 2.25 bits per heavy atom. The number of nitrogens with two attached hydrogens (primary N) is 1. The molecule has 72 valence electrons. The zero-order valence-corrected chi connectivity index (χ0v) is 8.36. The standard InChI is InChI=1S/C8H17NO2S/c1-12(10,11)7-8(5-6-9)3-2-4-8/h2-7,9H2,1H3. The zero-order chi connectivity index (χ0) is 9.24. The quantitative estimate of drug-likeness (QED) is 0.706. The van der Waals surface area contributed by atoms with E-state index >= 15 is 0 Å². The fourth-order valence-electron chi connectivity index (χ4n) is 2.01. The van der Waals surface area contributed by atoms with Crippen molar-refractivity contribution in [2.45, 2.75) is 25.7 Å². The van der Waals surface area contributed by atoms with Gasteiger partial charge in [0.2, 0.25) is 0 Å². The van der Waals surface area contributed by atoms with Crippen LogP contribution in [0.1, 0.15) is 25.7 Å². The summed E-state index contributed by atoms with van der Waals surface area (Å²) in [5.74, 6) is 0.331. The molecule has 3 nitrogen and oxygen atoms in total. The lowest BCUT2D eigenvalue weighted by Gasteiger charge is -2.41. The van der Waals surface area contributed by atoms with Crippen molar-refractivity contribution in [3.8, 4) is 0 Å². The first-order valence-corrected chi connectivity index (χ1v) is 6.41. The molecule has 0 unspecified atom stereocenters. The fraction of sp³-hybridized carbons (Fsp3) is 1.00. The summed E-state index contributed by atoms with van der Waals surface area (Å²) in [5, 5.41) is 0. The summed E-state index contributed by atoms with van der Waals surface area (Å²) in [5.41, 5.74) is 5.49. The molecule has 0 aromatic heterocycles. The van der Waals surface area contributed by atoms with Gasteiger partial charge in [-0.2, -0.15) is 0 Å². The van der Waals surface area contributed by atoms with Gasteiger partial charge in [-0.3, -0.25) is 0 Å². The van der Waals surface area contributed by atoms with Crippen LogP contribution in [0.5, 0.6) is 0 Å². The SMILES string of the molecule is CS(=O)(=O)CC1(CCN)CCC1. The molecule has 0 spiro atoms. The molecular formula is C8H17NO2S. The van der Waals surface area contributed by atoms with E-state index in [1.165, 1.54) is 6.26 Å². The Morgan fingerprint density at radius 2 is 2.00 bits per heavy atom. The normalized spacial score (nSPS) is 21.8. The van der Waals surface area contributed by atoms with Crippen molar-refractivity contribution in [1.29, 1.82) is 0 Å². The van der Waals surface area contributed by atoms with Gasteiger partial charge in [0.1, 0.15) is 9.84 Å². The topological polar surface area (TPSA) is 60.2 Å². The molecule has 1 fully saturated rings. The lowest BCUT2D eigenvalue weighted by atomic mass is 9.68. The van der Waals surface area contributed by atoms with E-state index in [0.717, 1.165) is 25.7 Å². The van der Waals surface area contributed by atoms with Gasteiger partial charge in [-0.05, 0) is 31.2 Å². The van der Waals surface area contributed by atoms with Crippen molar-refractivity contribution < 1.29 is 8.42 Å². The highest BCUT2D eigenvalue weighted by atomic mass is 32.2. The maximum Gasteiger partial charge on any atom is 0.148 e. The Labute approximate surface area is 74.3 Å². The van der Waals surface area contributed by atoms with Crippen LogP contribution in [-0.2, 0) is 9.84 Å². The fourth-order valence-corrected chi connectivity index (χ4v) is 3.55. The number of hydrogen-bond acceptors (Lipinski definition) is 3. The maximum atomic E-state index is 11.1. The Hall–Kier alpha value is -0.0900. The molecule has 0 atom stereocenters. The molecule has 1 aliphatic rings. The van der Waals surface area contributed by atoms with E-state index in [0.29, 0.717) is 12.3 Å². The van der Waals surface area contributed by atoms with Gasteiger partial charge in [-0.1, -0.05) is 6.42 Å². The van der Waals surface area contributed by atoms with Crippen LogP contribution in [0.4, 0.5) is 0 Å². The van der Waals surface area contributed by atoms with Gasteiger partial charge in [0.15, 0.2) is 0 Å². The average molecular weight is 191 g/mol. The van der Waals surface area contributed by atoms with Crippen LogP contribution in [0.15, 0.2) is 0 Å². The highest BCUT2D eigenvalue weighted by molar-refractivity contribution is 7.90. The predicted octanol–water partition coefficient (Wildman–Crippen LogP) is 0.550. The third-order valence-corrected chi connectivity index (χ3v) is 3.79. The molecule has 1 saturated carbocycles. The van der Waals surface area contributed by atoms with Gasteiger partial charge >= 0.3 is 0 Å². The molecule has 0 radical (unpaired) electrons. The van der Waals surface area contributed by atoms with Crippen molar-refractivity contribution in [3.63, 3.8) is 0 Å². The van der Waals surface area contributed by atoms with Crippen LogP contribution in [0.2, 0.25) is 0 Å². The maximum absolute atomic E-state index is 11.1. The van der Waals surface area contributed by atoms with Gasteiger partial charge in [-0.25, -0.2) is 8.42 Å². The van der Waals surface area contributed by atoms with Crippen molar-refractivity contribution in [3.05, 3.63) is 0 Å². The Kier molecular flexibility index (Phi) is 2.78. The van der Waals surface area contributed by atoms with Crippen molar-refractivity contribution in [2.75, 3.05) is 18.6 Å². The van der Waals surface area contributed by atoms with Gasteiger partial charge in [0.05, 0.1) is 5.75 Å². The van der Waals surface area contributed by atoms with Gasteiger partial charge in [0.25, 0.3) is 0 Å². The summed E-state index contributed by atoms with van der Waals surface area (Å²) in [6.07, 6.45) is 5.41. The third kappa shape index (κ3) is 2.45. The van der Waals surface area contributed by atoms with Crippen LogP contribution in [-0.4, -0.2) is 27.0 Å². The minimum atomic E-state index is -2.82. The first kappa shape index (κ1) is 9.99. The zero-order valence-electron chi connectivity index (χ0n) is 7.54.